The Labute approximate surface area is 138 Å². The molecule has 1 atom stereocenters. The van der Waals surface area contributed by atoms with Crippen LogP contribution in [0.25, 0.3) is 0 Å². The lowest BCUT2D eigenvalue weighted by molar-refractivity contribution is -0.119. The first-order valence-corrected chi connectivity index (χ1v) is 8.45. The Balaban J connectivity index is 1.56. The lowest BCUT2D eigenvalue weighted by Crippen LogP contribution is -2.42. The second-order valence-corrected chi connectivity index (χ2v) is 6.61. The molecular weight excluding hydrogens is 316 g/mol. The van der Waals surface area contributed by atoms with Crippen LogP contribution in [0.15, 0.2) is 11.6 Å². The van der Waals surface area contributed by atoms with Gasteiger partial charge in [0.25, 0.3) is 0 Å². The number of amides is 1. The van der Waals surface area contributed by atoms with E-state index in [1.165, 1.54) is 11.3 Å². The van der Waals surface area contributed by atoms with Crippen LogP contribution in [-0.4, -0.2) is 57.2 Å². The molecule has 1 aliphatic heterocycles. The van der Waals surface area contributed by atoms with Gasteiger partial charge in [-0.25, -0.2) is 9.97 Å². The summed E-state index contributed by atoms with van der Waals surface area (Å²) >= 11 is 1.41. The number of ether oxygens (including phenoxy) is 1. The van der Waals surface area contributed by atoms with Gasteiger partial charge < -0.3 is 10.1 Å². The fourth-order valence-electron chi connectivity index (χ4n) is 2.35. The maximum absolute atomic E-state index is 12.1. The summed E-state index contributed by atoms with van der Waals surface area (Å²) in [5, 5.41) is 12.4. The molecule has 1 saturated heterocycles. The first-order chi connectivity index (χ1) is 11.1. The number of rotatable bonds is 5. The number of morpholine rings is 1. The summed E-state index contributed by atoms with van der Waals surface area (Å²) in [6, 6.07) is 0. The normalized spacial score (nSPS) is 19.2. The number of carbonyl (C=O) groups is 1. The summed E-state index contributed by atoms with van der Waals surface area (Å²) in [5.74, 6) is 1.70. The summed E-state index contributed by atoms with van der Waals surface area (Å²) in [5.41, 5.74) is 0. The number of H-pyrrole nitrogens is 1. The Hall–Kier alpha value is -1.84. The summed E-state index contributed by atoms with van der Waals surface area (Å²) in [4.78, 5) is 22.6. The molecule has 0 aliphatic carbocycles. The third kappa shape index (κ3) is 4.12. The Bertz CT molecular complexity index is 641. The zero-order valence-corrected chi connectivity index (χ0v) is 14.0. The van der Waals surface area contributed by atoms with E-state index in [0.717, 1.165) is 11.6 Å². The van der Waals surface area contributed by atoms with E-state index >= 15 is 0 Å². The smallest absolute Gasteiger partial charge is 0.240 e. The zero-order valence-electron chi connectivity index (χ0n) is 13.2. The Kier molecular flexibility index (Phi) is 4.99. The average Bonchev–Trinajstić information content (AvgIpc) is 3.18. The Morgan fingerprint density at radius 3 is 3.17 bits per heavy atom. The molecule has 1 unspecified atom stereocenters. The topological polar surface area (TPSA) is 96.0 Å². The van der Waals surface area contributed by atoms with Crippen LogP contribution in [-0.2, 0) is 9.53 Å². The van der Waals surface area contributed by atoms with Crippen molar-refractivity contribution < 1.29 is 9.53 Å². The van der Waals surface area contributed by atoms with Crippen molar-refractivity contribution in [2.45, 2.75) is 25.9 Å². The van der Waals surface area contributed by atoms with Gasteiger partial charge >= 0.3 is 0 Å². The molecule has 3 rings (SSSR count). The minimum absolute atomic E-state index is 0.0685. The van der Waals surface area contributed by atoms with Gasteiger partial charge in [0.15, 0.2) is 16.8 Å². The van der Waals surface area contributed by atoms with Crippen LogP contribution in [0.4, 0.5) is 5.13 Å². The Morgan fingerprint density at radius 2 is 2.48 bits per heavy atom. The van der Waals surface area contributed by atoms with Crippen LogP contribution in [0.2, 0.25) is 0 Å². The molecular formula is C14H20N6O2S. The molecule has 9 heteroatoms. The van der Waals surface area contributed by atoms with Gasteiger partial charge in [0.2, 0.25) is 5.91 Å². The summed E-state index contributed by atoms with van der Waals surface area (Å²) in [7, 11) is 0. The van der Waals surface area contributed by atoms with Crippen molar-refractivity contribution in [3.63, 3.8) is 0 Å². The second kappa shape index (κ2) is 7.16. The monoisotopic (exact) mass is 336 g/mol. The molecule has 2 aromatic heterocycles. The number of aromatic nitrogens is 4. The quantitative estimate of drug-likeness (QED) is 0.857. The maximum Gasteiger partial charge on any atom is 0.240 e. The van der Waals surface area contributed by atoms with Crippen molar-refractivity contribution >= 4 is 22.4 Å². The molecule has 1 amide bonds. The number of nitrogens with one attached hydrogen (secondary N) is 2. The van der Waals surface area contributed by atoms with E-state index in [2.05, 4.69) is 30.4 Å². The fraction of sp³-hybridized carbons (Fsp3) is 0.571. The van der Waals surface area contributed by atoms with Crippen LogP contribution in [0.3, 0.4) is 0 Å². The molecule has 0 saturated carbocycles. The molecule has 0 spiro atoms. The van der Waals surface area contributed by atoms with Crippen LogP contribution in [0.5, 0.6) is 0 Å². The van der Waals surface area contributed by atoms with Crippen LogP contribution < -0.4 is 5.32 Å². The van der Waals surface area contributed by atoms with Crippen molar-refractivity contribution in [1.29, 1.82) is 0 Å². The van der Waals surface area contributed by atoms with Crippen molar-refractivity contribution in [3.8, 4) is 0 Å². The van der Waals surface area contributed by atoms with Gasteiger partial charge in [0, 0.05) is 30.6 Å². The highest BCUT2D eigenvalue weighted by molar-refractivity contribution is 7.13. The highest BCUT2D eigenvalue weighted by Crippen LogP contribution is 2.20. The third-order valence-electron chi connectivity index (χ3n) is 3.54. The zero-order chi connectivity index (χ0) is 16.2. The lowest BCUT2D eigenvalue weighted by atomic mass is 10.2. The molecule has 2 aromatic rings. The van der Waals surface area contributed by atoms with Gasteiger partial charge in [-0.1, -0.05) is 13.8 Å². The van der Waals surface area contributed by atoms with Gasteiger partial charge in [-0.3, -0.25) is 14.8 Å². The summed E-state index contributed by atoms with van der Waals surface area (Å²) in [6.07, 6.45) is 1.48. The molecule has 8 nitrogen and oxygen atoms in total. The number of nitrogens with zero attached hydrogens (tertiary/aromatic N) is 4. The van der Waals surface area contributed by atoms with E-state index in [-0.39, 0.29) is 17.9 Å². The maximum atomic E-state index is 12.1. The molecule has 1 fully saturated rings. The predicted octanol–water partition coefficient (Wildman–Crippen LogP) is 1.40. The number of carbonyl (C=O) groups excluding carboxylic acids is 1. The van der Waals surface area contributed by atoms with Gasteiger partial charge in [-0.15, -0.1) is 11.3 Å². The van der Waals surface area contributed by atoms with E-state index < -0.39 is 0 Å². The third-order valence-corrected chi connectivity index (χ3v) is 4.23. The molecule has 3 heterocycles. The highest BCUT2D eigenvalue weighted by Gasteiger charge is 2.26. The van der Waals surface area contributed by atoms with Gasteiger partial charge in [-0.2, -0.15) is 5.10 Å². The number of aromatic amines is 1. The molecule has 0 radical (unpaired) electrons. The van der Waals surface area contributed by atoms with Crippen LogP contribution in [0, 0.1) is 0 Å². The first-order valence-electron chi connectivity index (χ1n) is 7.57. The number of anilines is 1. The summed E-state index contributed by atoms with van der Waals surface area (Å²) in [6.45, 7) is 6.29. The van der Waals surface area contributed by atoms with E-state index in [4.69, 9.17) is 4.74 Å². The molecule has 0 bridgehead atoms. The van der Waals surface area contributed by atoms with Gasteiger partial charge in [0.1, 0.15) is 6.10 Å². The van der Waals surface area contributed by atoms with E-state index in [1.54, 1.807) is 6.20 Å². The van der Waals surface area contributed by atoms with Crippen LogP contribution >= 0.6 is 11.3 Å². The molecule has 1 aliphatic rings. The van der Waals surface area contributed by atoms with Crippen molar-refractivity contribution in [3.05, 3.63) is 23.2 Å². The first kappa shape index (κ1) is 16.0. The lowest BCUT2D eigenvalue weighted by Gasteiger charge is -2.31. The summed E-state index contributed by atoms with van der Waals surface area (Å²) < 4.78 is 5.76. The standard InChI is InChI=1S/C14H20N6O2S/c1-9(2)12-17-13(19-18-12)10-7-20(4-5-22-10)8-11(21)16-14-15-3-6-23-14/h3,6,9-10H,4-5,7-8H2,1-2H3,(H,15,16,21)(H,17,18,19). The van der Waals surface area contributed by atoms with E-state index in [9.17, 15) is 4.79 Å². The number of hydrogen-bond donors (Lipinski definition) is 2. The van der Waals surface area contributed by atoms with E-state index in [1.807, 2.05) is 19.2 Å². The fourth-order valence-corrected chi connectivity index (χ4v) is 2.89. The van der Waals surface area contributed by atoms with Crippen molar-refractivity contribution in [2.24, 2.45) is 0 Å². The minimum atomic E-state index is -0.184. The van der Waals surface area contributed by atoms with E-state index in [0.29, 0.717) is 31.4 Å². The Morgan fingerprint density at radius 1 is 1.61 bits per heavy atom. The highest BCUT2D eigenvalue weighted by atomic mass is 32.1. The SMILES string of the molecule is CC(C)c1n[nH]c(C2CN(CC(=O)Nc3nccs3)CCO2)n1. The second-order valence-electron chi connectivity index (χ2n) is 5.71. The van der Waals surface area contributed by atoms with Crippen LogP contribution in [0.1, 0.15) is 37.5 Å². The predicted molar refractivity (Wildman–Crippen MR) is 86.3 cm³/mol. The van der Waals surface area contributed by atoms with Gasteiger partial charge in [-0.05, 0) is 0 Å². The molecule has 124 valence electrons. The van der Waals surface area contributed by atoms with Gasteiger partial charge in [0.05, 0.1) is 13.2 Å². The minimum Gasteiger partial charge on any atom is -0.368 e. The van der Waals surface area contributed by atoms with Crippen molar-refractivity contribution in [2.75, 3.05) is 31.6 Å². The molecule has 2 N–H and O–H groups in total. The van der Waals surface area contributed by atoms with Crippen molar-refractivity contribution in [1.82, 2.24) is 25.1 Å². The number of thiazole rings is 1. The molecule has 0 aromatic carbocycles. The average molecular weight is 336 g/mol. The number of hydrogen-bond acceptors (Lipinski definition) is 7. The largest absolute Gasteiger partial charge is 0.368 e. The molecule has 23 heavy (non-hydrogen) atoms.